The minimum Gasteiger partial charge on any atom is -0.386 e. The third-order valence-electron chi connectivity index (χ3n) is 7.75. The van der Waals surface area contributed by atoms with Crippen LogP contribution in [0.3, 0.4) is 0 Å². The predicted octanol–water partition coefficient (Wildman–Crippen LogP) is 8.04. The number of allylic oxidation sites excluding steroid dienone is 3. The van der Waals surface area contributed by atoms with Crippen LogP contribution in [0.25, 0.3) is 0 Å². The van der Waals surface area contributed by atoms with Crippen LogP contribution in [0, 0.1) is 17.8 Å². The van der Waals surface area contributed by atoms with Crippen molar-refractivity contribution >= 4 is 5.69 Å². The van der Waals surface area contributed by atoms with E-state index in [1.165, 1.54) is 36.2 Å². The summed E-state index contributed by atoms with van der Waals surface area (Å²) in [4.78, 5) is 2.36. The van der Waals surface area contributed by atoms with Crippen molar-refractivity contribution < 1.29 is 0 Å². The fourth-order valence-electron chi connectivity index (χ4n) is 5.44. The summed E-state index contributed by atoms with van der Waals surface area (Å²) >= 11 is 0. The lowest BCUT2D eigenvalue weighted by Gasteiger charge is -2.25. The van der Waals surface area contributed by atoms with Crippen molar-refractivity contribution in [1.29, 1.82) is 0 Å². The maximum atomic E-state index is 5.67. The van der Waals surface area contributed by atoms with E-state index in [1.807, 2.05) is 0 Å². The zero-order valence-electron chi connectivity index (χ0n) is 26.0. The van der Waals surface area contributed by atoms with Gasteiger partial charge in [0, 0.05) is 47.5 Å². The van der Waals surface area contributed by atoms with Gasteiger partial charge in [0.1, 0.15) is 0 Å². The molecule has 0 aliphatic carbocycles. The molecule has 5 N–H and O–H groups in total. The van der Waals surface area contributed by atoms with Crippen molar-refractivity contribution in [3.05, 3.63) is 91.3 Å². The average Bonchev–Trinajstić information content (AvgIpc) is 3.17. The third kappa shape index (κ3) is 11.6. The van der Waals surface area contributed by atoms with Gasteiger partial charge in [0.15, 0.2) is 0 Å². The smallest absolute Gasteiger partial charge is 0.0885 e. The summed E-state index contributed by atoms with van der Waals surface area (Å²) in [6.07, 6.45) is 9.66. The van der Waals surface area contributed by atoms with Crippen LogP contribution in [-0.4, -0.2) is 24.0 Å². The van der Waals surface area contributed by atoms with Gasteiger partial charge in [0.05, 0.1) is 11.9 Å². The summed E-state index contributed by atoms with van der Waals surface area (Å²) in [6.45, 7) is 32.0. The molecular formula is C35H57N5. The van der Waals surface area contributed by atoms with E-state index in [9.17, 15) is 0 Å². The standard InChI is InChI=1S/C35H57N5/c1-25(2)23-32-17-19-33(20-18-32)39-29(7)35(16-14-21-37-31(9)36)38-27(5)15-12-10-11-13-22-40-28(6)24-34(26(3)4)30(40)8/h17-20,25-26,34-35,37-39H,5-16,21-24,36H2,1-4H3. The quantitative estimate of drug-likeness (QED) is 0.124. The lowest BCUT2D eigenvalue weighted by atomic mass is 9.92. The number of nitrogens with zero attached hydrogens (tertiary/aromatic N) is 1. The number of likely N-dealkylation sites (tertiary alicyclic amines) is 1. The molecule has 222 valence electrons. The summed E-state index contributed by atoms with van der Waals surface area (Å²) < 4.78 is 0. The molecule has 2 unspecified atom stereocenters. The molecule has 1 aliphatic rings. The van der Waals surface area contributed by atoms with Gasteiger partial charge in [-0.3, -0.25) is 0 Å². The molecule has 5 nitrogen and oxygen atoms in total. The van der Waals surface area contributed by atoms with Gasteiger partial charge in [-0.15, -0.1) is 0 Å². The van der Waals surface area contributed by atoms with Gasteiger partial charge in [-0.2, -0.15) is 0 Å². The third-order valence-corrected chi connectivity index (χ3v) is 7.75. The highest BCUT2D eigenvalue weighted by Gasteiger charge is 2.30. The molecule has 1 aliphatic heterocycles. The topological polar surface area (TPSA) is 65.3 Å². The van der Waals surface area contributed by atoms with Crippen molar-refractivity contribution in [2.75, 3.05) is 18.4 Å². The zero-order chi connectivity index (χ0) is 29.7. The number of hydrogen-bond acceptors (Lipinski definition) is 5. The molecule has 2 rings (SSSR count). The Morgan fingerprint density at radius 2 is 1.65 bits per heavy atom. The van der Waals surface area contributed by atoms with Crippen LogP contribution in [0.2, 0.25) is 0 Å². The first-order valence-corrected chi connectivity index (χ1v) is 15.3. The molecule has 2 atom stereocenters. The SMILES string of the molecule is C=C(N)NCCCC(NC(=C)CCCCCCN1C(=C)CC(C(C)C)C1=C)C(=C)Nc1ccc(CC(C)C)cc1. The monoisotopic (exact) mass is 547 g/mol. The molecule has 1 heterocycles. The van der Waals surface area contributed by atoms with Crippen molar-refractivity contribution in [2.45, 2.75) is 91.5 Å². The minimum atomic E-state index is 0.0803. The van der Waals surface area contributed by atoms with Crippen LogP contribution in [-0.2, 0) is 6.42 Å². The molecule has 1 fully saturated rings. The fraction of sp³-hybridized carbons (Fsp3) is 0.543. The van der Waals surface area contributed by atoms with Crippen molar-refractivity contribution in [2.24, 2.45) is 23.5 Å². The van der Waals surface area contributed by atoms with Crippen LogP contribution in [0.1, 0.15) is 84.6 Å². The first kappa shape index (κ1) is 33.1. The number of hydrogen-bond donors (Lipinski definition) is 4. The van der Waals surface area contributed by atoms with Crippen LogP contribution < -0.4 is 21.7 Å². The molecule has 0 spiro atoms. The Morgan fingerprint density at radius 1 is 0.975 bits per heavy atom. The van der Waals surface area contributed by atoms with Gasteiger partial charge < -0.3 is 26.6 Å². The first-order valence-electron chi connectivity index (χ1n) is 15.3. The highest BCUT2D eigenvalue weighted by Crippen LogP contribution is 2.38. The van der Waals surface area contributed by atoms with Gasteiger partial charge in [-0.05, 0) is 74.5 Å². The number of anilines is 1. The number of rotatable bonds is 20. The Bertz CT molecular complexity index is 988. The molecule has 5 heteroatoms. The fourth-order valence-corrected chi connectivity index (χ4v) is 5.44. The van der Waals surface area contributed by atoms with E-state index < -0.39 is 0 Å². The average molecular weight is 548 g/mol. The zero-order valence-corrected chi connectivity index (χ0v) is 26.0. The van der Waals surface area contributed by atoms with Gasteiger partial charge in [-0.25, -0.2) is 0 Å². The van der Waals surface area contributed by atoms with Gasteiger partial charge >= 0.3 is 0 Å². The largest absolute Gasteiger partial charge is 0.386 e. The van der Waals surface area contributed by atoms with Crippen molar-refractivity contribution in [1.82, 2.24) is 15.5 Å². The van der Waals surface area contributed by atoms with Gasteiger partial charge in [0.25, 0.3) is 0 Å². The van der Waals surface area contributed by atoms with E-state index in [-0.39, 0.29) is 6.04 Å². The summed E-state index contributed by atoms with van der Waals surface area (Å²) in [7, 11) is 0. The molecule has 1 aromatic rings. The molecule has 0 saturated carbocycles. The lowest BCUT2D eigenvalue weighted by Crippen LogP contribution is -2.33. The number of benzene rings is 1. The van der Waals surface area contributed by atoms with Gasteiger partial charge in [-0.1, -0.05) is 85.6 Å². The highest BCUT2D eigenvalue weighted by molar-refractivity contribution is 5.50. The molecule has 0 radical (unpaired) electrons. The van der Waals surface area contributed by atoms with Gasteiger partial charge in [0.2, 0.25) is 0 Å². The maximum absolute atomic E-state index is 5.67. The van der Waals surface area contributed by atoms with E-state index >= 15 is 0 Å². The normalized spacial score (nSPS) is 15.9. The summed E-state index contributed by atoms with van der Waals surface area (Å²) in [5, 5.41) is 10.3. The Kier molecular flexibility index (Phi) is 14.0. The van der Waals surface area contributed by atoms with Crippen LogP contribution in [0.5, 0.6) is 0 Å². The second kappa shape index (κ2) is 16.9. The number of unbranched alkanes of at least 4 members (excludes halogenated alkanes) is 3. The second-order valence-corrected chi connectivity index (χ2v) is 12.3. The molecular weight excluding hydrogens is 490 g/mol. The van der Waals surface area contributed by atoms with E-state index in [4.69, 9.17) is 5.73 Å². The Hall–Kier alpha value is -3.08. The molecule has 0 aromatic heterocycles. The van der Waals surface area contributed by atoms with E-state index in [1.54, 1.807) is 0 Å². The summed E-state index contributed by atoms with van der Waals surface area (Å²) in [5.74, 6) is 2.32. The number of nitrogens with two attached hydrogens (primary N) is 1. The maximum Gasteiger partial charge on any atom is 0.0885 e. The lowest BCUT2D eigenvalue weighted by molar-refractivity contribution is 0.394. The Morgan fingerprint density at radius 3 is 2.25 bits per heavy atom. The predicted molar refractivity (Wildman–Crippen MR) is 175 cm³/mol. The Balaban J connectivity index is 1.79. The number of nitrogens with one attached hydrogen (secondary N) is 3. The van der Waals surface area contributed by atoms with E-state index in [0.29, 0.717) is 23.6 Å². The van der Waals surface area contributed by atoms with E-state index in [2.05, 4.69) is 106 Å². The van der Waals surface area contributed by atoms with Crippen molar-refractivity contribution in [3.8, 4) is 0 Å². The van der Waals surface area contributed by atoms with Crippen LogP contribution >= 0.6 is 0 Å². The summed E-state index contributed by atoms with van der Waals surface area (Å²) in [6, 6.07) is 8.77. The highest BCUT2D eigenvalue weighted by atomic mass is 15.2. The first-order chi connectivity index (χ1) is 19.0. The van der Waals surface area contributed by atoms with Crippen LogP contribution in [0.15, 0.2) is 85.8 Å². The summed E-state index contributed by atoms with van der Waals surface area (Å²) in [5.41, 5.74) is 12.6. The molecule has 1 aromatic carbocycles. The van der Waals surface area contributed by atoms with Crippen LogP contribution in [0.4, 0.5) is 5.69 Å². The molecule has 40 heavy (non-hydrogen) atoms. The molecule has 0 amide bonds. The molecule has 0 bridgehead atoms. The van der Waals surface area contributed by atoms with Crippen molar-refractivity contribution in [3.63, 3.8) is 0 Å². The molecule has 1 saturated heterocycles. The Labute approximate surface area is 245 Å². The van der Waals surface area contributed by atoms with E-state index in [0.717, 1.165) is 68.7 Å². The minimum absolute atomic E-state index is 0.0803. The second-order valence-electron chi connectivity index (χ2n) is 12.3.